The van der Waals surface area contributed by atoms with Crippen molar-refractivity contribution in [1.29, 1.82) is 0 Å². The Kier molecular flexibility index (Phi) is 6.41. The summed E-state index contributed by atoms with van der Waals surface area (Å²) in [6, 6.07) is 3.71. The first kappa shape index (κ1) is 20.4. The van der Waals surface area contributed by atoms with Crippen LogP contribution in [0.4, 0.5) is 9.80 Å². The maximum atomic E-state index is 12.9. The van der Waals surface area contributed by atoms with Crippen molar-refractivity contribution in [2.45, 2.75) is 45.5 Å². The van der Waals surface area contributed by atoms with Gasteiger partial charge in [0.05, 0.1) is 10.9 Å². The number of carbonyl (C=O) groups is 2. The third-order valence-electron chi connectivity index (χ3n) is 3.38. The van der Waals surface area contributed by atoms with E-state index in [2.05, 4.69) is 9.97 Å². The summed E-state index contributed by atoms with van der Waals surface area (Å²) in [5.74, 6) is -0.323. The lowest BCUT2D eigenvalue weighted by Crippen LogP contribution is -2.44. The normalized spacial score (nSPS) is 12.5. The van der Waals surface area contributed by atoms with Crippen LogP contribution in [0, 0.1) is 6.92 Å². The fraction of sp³-hybridized carbons (Fsp3) is 0.444. The zero-order valence-electron chi connectivity index (χ0n) is 15.8. The zero-order valence-corrected chi connectivity index (χ0v) is 17.4. The summed E-state index contributed by atoms with van der Waals surface area (Å²) >= 11 is 2.65. The summed E-state index contributed by atoms with van der Waals surface area (Å²) in [4.78, 5) is 35.4. The molecule has 0 bridgehead atoms. The van der Waals surface area contributed by atoms with Crippen molar-refractivity contribution in [3.05, 3.63) is 30.2 Å². The number of thioether (sulfide) groups is 1. The predicted molar refractivity (Wildman–Crippen MR) is 107 cm³/mol. The van der Waals surface area contributed by atoms with Gasteiger partial charge in [0.1, 0.15) is 15.6 Å². The minimum absolute atomic E-state index is 0.323. The monoisotopic (exact) mass is 393 g/mol. The lowest BCUT2D eigenvalue weighted by molar-refractivity contribution is -0.117. The summed E-state index contributed by atoms with van der Waals surface area (Å²) in [7, 11) is 0. The van der Waals surface area contributed by atoms with Crippen LogP contribution in [0.25, 0.3) is 10.6 Å². The highest BCUT2D eigenvalue weighted by molar-refractivity contribution is 7.99. The Morgan fingerprint density at radius 1 is 1.35 bits per heavy atom. The van der Waals surface area contributed by atoms with Crippen molar-refractivity contribution in [3.8, 4) is 10.6 Å². The van der Waals surface area contributed by atoms with Crippen LogP contribution in [-0.2, 0) is 9.53 Å². The third-order valence-corrected chi connectivity index (χ3v) is 5.48. The second-order valence-electron chi connectivity index (χ2n) is 6.68. The number of nitrogens with zero attached hydrogens (tertiary/aromatic N) is 3. The molecule has 26 heavy (non-hydrogen) atoms. The molecule has 2 amide bonds. The summed E-state index contributed by atoms with van der Waals surface area (Å²) in [6.45, 7) is 8.85. The molecule has 2 heterocycles. The molecule has 0 saturated carbocycles. The Labute approximate surface area is 162 Å². The van der Waals surface area contributed by atoms with Crippen LogP contribution in [0.5, 0.6) is 0 Å². The molecule has 0 saturated heterocycles. The van der Waals surface area contributed by atoms with Gasteiger partial charge >= 0.3 is 6.09 Å². The number of aromatic nitrogens is 2. The summed E-state index contributed by atoms with van der Waals surface area (Å²) < 4.78 is 5.46. The molecule has 0 aliphatic carbocycles. The number of aryl methyl sites for hydroxylation is 1. The van der Waals surface area contributed by atoms with E-state index in [4.69, 9.17) is 4.74 Å². The quantitative estimate of drug-likeness (QED) is 0.760. The van der Waals surface area contributed by atoms with Crippen molar-refractivity contribution < 1.29 is 14.3 Å². The largest absolute Gasteiger partial charge is 0.443 e. The van der Waals surface area contributed by atoms with E-state index in [1.165, 1.54) is 23.1 Å². The smallest absolute Gasteiger partial charge is 0.422 e. The molecule has 140 valence electrons. The molecule has 0 N–H and O–H groups in total. The van der Waals surface area contributed by atoms with Gasteiger partial charge in [0, 0.05) is 18.0 Å². The van der Waals surface area contributed by atoms with E-state index in [9.17, 15) is 9.59 Å². The van der Waals surface area contributed by atoms with Gasteiger partial charge in [-0.15, -0.1) is 0 Å². The number of ether oxygens (including phenoxy) is 1. The lowest BCUT2D eigenvalue weighted by atomic mass is 10.2. The highest BCUT2D eigenvalue weighted by atomic mass is 32.2. The number of carbonyl (C=O) groups excluding carboxylic acids is 2. The lowest BCUT2D eigenvalue weighted by Gasteiger charge is -2.26. The van der Waals surface area contributed by atoms with Gasteiger partial charge in [0.25, 0.3) is 0 Å². The molecule has 1 unspecified atom stereocenters. The third kappa shape index (κ3) is 4.82. The average Bonchev–Trinajstić information content (AvgIpc) is 2.95. The minimum Gasteiger partial charge on any atom is -0.443 e. The first-order valence-electron chi connectivity index (χ1n) is 8.11. The maximum absolute atomic E-state index is 12.9. The van der Waals surface area contributed by atoms with E-state index < -0.39 is 11.7 Å². The van der Waals surface area contributed by atoms with Crippen molar-refractivity contribution >= 4 is 40.1 Å². The summed E-state index contributed by atoms with van der Waals surface area (Å²) in [5.41, 5.74) is 0.728. The van der Waals surface area contributed by atoms with Gasteiger partial charge in [0.15, 0.2) is 0 Å². The van der Waals surface area contributed by atoms with E-state index in [0.29, 0.717) is 15.7 Å². The molecule has 1 atom stereocenters. The van der Waals surface area contributed by atoms with Gasteiger partial charge in [-0.2, -0.15) is 11.8 Å². The molecule has 8 heteroatoms. The van der Waals surface area contributed by atoms with Crippen LogP contribution < -0.4 is 4.90 Å². The second-order valence-corrected chi connectivity index (χ2v) is 8.84. The van der Waals surface area contributed by atoms with Crippen LogP contribution >= 0.6 is 23.1 Å². The van der Waals surface area contributed by atoms with E-state index in [0.717, 1.165) is 10.5 Å². The number of hydrogen-bond acceptors (Lipinski definition) is 7. The molecule has 2 aromatic heterocycles. The Bertz CT molecular complexity index is 785. The molecule has 0 radical (unpaired) electrons. The van der Waals surface area contributed by atoms with E-state index in [1.807, 2.05) is 18.4 Å². The van der Waals surface area contributed by atoms with Crippen LogP contribution in [0.15, 0.2) is 24.5 Å². The summed E-state index contributed by atoms with van der Waals surface area (Å²) in [6.07, 6.45) is 4.53. The molecule has 0 fully saturated rings. The van der Waals surface area contributed by atoms with Gasteiger partial charge < -0.3 is 4.74 Å². The van der Waals surface area contributed by atoms with Crippen LogP contribution in [0.1, 0.15) is 33.4 Å². The number of hydrogen-bond donors (Lipinski definition) is 0. The predicted octanol–water partition coefficient (Wildman–Crippen LogP) is 4.53. The Morgan fingerprint density at radius 3 is 2.58 bits per heavy atom. The zero-order chi connectivity index (χ0) is 19.5. The Hall–Kier alpha value is -1.93. The molecular formula is C18H23N3O3S2. The second kappa shape index (κ2) is 8.18. The highest BCUT2D eigenvalue weighted by Gasteiger charge is 2.34. The number of anilines is 1. The maximum Gasteiger partial charge on any atom is 0.422 e. The number of imide groups is 1. The van der Waals surface area contributed by atoms with Gasteiger partial charge in [-0.3, -0.25) is 9.78 Å². The van der Waals surface area contributed by atoms with Gasteiger partial charge in [0.2, 0.25) is 5.91 Å². The first-order valence-corrected chi connectivity index (χ1v) is 10.2. The number of pyridine rings is 1. The number of rotatable bonds is 4. The molecule has 0 aromatic carbocycles. The van der Waals surface area contributed by atoms with Crippen molar-refractivity contribution in [3.63, 3.8) is 0 Å². The Balaban J connectivity index is 2.47. The molecule has 0 spiro atoms. The van der Waals surface area contributed by atoms with E-state index in [-0.39, 0.29) is 11.2 Å². The molecule has 6 nitrogen and oxygen atoms in total. The Morgan fingerprint density at radius 2 is 2.04 bits per heavy atom. The molecular weight excluding hydrogens is 370 g/mol. The van der Waals surface area contributed by atoms with Crippen LogP contribution in [-0.4, -0.2) is 39.1 Å². The van der Waals surface area contributed by atoms with Gasteiger partial charge in [-0.1, -0.05) is 11.3 Å². The fourth-order valence-corrected chi connectivity index (χ4v) is 3.43. The highest BCUT2D eigenvalue weighted by Crippen LogP contribution is 2.35. The molecule has 0 aliphatic heterocycles. The molecule has 2 aromatic rings. The van der Waals surface area contributed by atoms with Crippen molar-refractivity contribution in [2.24, 2.45) is 0 Å². The van der Waals surface area contributed by atoms with Gasteiger partial charge in [-0.05, 0) is 53.0 Å². The number of thiazole rings is 1. The molecule has 2 rings (SSSR count). The standard InChI is InChI=1S/C18H23N3O3S2/c1-11-16(26-14(20-11)13-8-7-9-19-10-13)21(15(22)12(2)25-6)17(23)24-18(3,4)5/h7-10,12H,1-6H3. The SMILES string of the molecule is CSC(C)C(=O)N(C(=O)OC(C)(C)C)c1sc(-c2cccnc2)nc1C. The topological polar surface area (TPSA) is 72.4 Å². The van der Waals surface area contributed by atoms with E-state index >= 15 is 0 Å². The van der Waals surface area contributed by atoms with Crippen LogP contribution in [0.2, 0.25) is 0 Å². The van der Waals surface area contributed by atoms with E-state index in [1.54, 1.807) is 47.0 Å². The van der Waals surface area contributed by atoms with Crippen molar-refractivity contribution in [1.82, 2.24) is 9.97 Å². The average molecular weight is 394 g/mol. The summed E-state index contributed by atoms with van der Waals surface area (Å²) in [5, 5.41) is 0.790. The fourth-order valence-electron chi connectivity index (χ4n) is 2.07. The van der Waals surface area contributed by atoms with Gasteiger partial charge in [-0.25, -0.2) is 14.7 Å². The van der Waals surface area contributed by atoms with Crippen molar-refractivity contribution in [2.75, 3.05) is 11.2 Å². The molecule has 0 aliphatic rings. The minimum atomic E-state index is -0.705. The number of amides is 2. The first-order chi connectivity index (χ1) is 12.1. The van der Waals surface area contributed by atoms with Crippen LogP contribution in [0.3, 0.4) is 0 Å².